The van der Waals surface area contributed by atoms with E-state index in [0.29, 0.717) is 24.3 Å². The topological polar surface area (TPSA) is 49.2 Å². The largest absolute Gasteiger partial charge is 0.497 e. The van der Waals surface area contributed by atoms with Crippen LogP contribution in [0.2, 0.25) is 0 Å². The molecule has 3 atom stereocenters. The van der Waals surface area contributed by atoms with Gasteiger partial charge in [-0.2, -0.15) is 5.26 Å². The maximum Gasteiger partial charge on any atom is 0.119 e. The molecule has 0 spiro atoms. The van der Waals surface area contributed by atoms with Crippen molar-refractivity contribution in [3.05, 3.63) is 71.9 Å². The Balaban J connectivity index is 1.40. The molecule has 0 amide bonds. The lowest BCUT2D eigenvalue weighted by atomic mass is 9.79. The molecule has 0 radical (unpaired) electrons. The summed E-state index contributed by atoms with van der Waals surface area (Å²) in [6.07, 6.45) is 8.20. The van der Waals surface area contributed by atoms with Crippen LogP contribution in [0.15, 0.2) is 60.8 Å². The Bertz CT molecular complexity index is 1080. The predicted molar refractivity (Wildman–Crippen MR) is 134 cm³/mol. The lowest BCUT2D eigenvalue weighted by molar-refractivity contribution is 0.0754. The first kappa shape index (κ1) is 23.3. The first-order valence-corrected chi connectivity index (χ1v) is 12.3. The number of fused-ring (bicyclic) bond motifs is 1. The van der Waals surface area contributed by atoms with Crippen molar-refractivity contribution in [1.29, 1.82) is 5.26 Å². The number of methoxy groups -OCH3 is 1. The Morgan fingerprint density at radius 3 is 2.76 bits per heavy atom. The van der Waals surface area contributed by atoms with Gasteiger partial charge in [0.25, 0.3) is 0 Å². The van der Waals surface area contributed by atoms with E-state index in [1.54, 1.807) is 7.11 Å². The van der Waals surface area contributed by atoms with Gasteiger partial charge in [-0.1, -0.05) is 37.3 Å². The van der Waals surface area contributed by atoms with Crippen molar-refractivity contribution in [3.8, 4) is 11.8 Å². The van der Waals surface area contributed by atoms with Crippen LogP contribution >= 0.6 is 0 Å². The average molecular weight is 442 g/mol. The summed E-state index contributed by atoms with van der Waals surface area (Å²) in [6, 6.07) is 22.0. The van der Waals surface area contributed by atoms with E-state index < -0.39 is 0 Å². The van der Waals surface area contributed by atoms with Crippen LogP contribution < -0.4 is 4.74 Å². The van der Waals surface area contributed by atoms with Crippen LogP contribution in [0, 0.1) is 23.2 Å². The summed E-state index contributed by atoms with van der Waals surface area (Å²) in [6.45, 7) is 4.42. The molecule has 0 aliphatic carbocycles. The van der Waals surface area contributed by atoms with Gasteiger partial charge >= 0.3 is 0 Å². The molecule has 3 aromatic rings. The SMILES string of the molecule is CC[C@H](c1ccccc1)N1CC[C@@H](CCCc2ccnc3ccc(OC)cc23)[C@@H](CC#N)C1. The van der Waals surface area contributed by atoms with E-state index >= 15 is 0 Å². The van der Waals surface area contributed by atoms with E-state index in [1.165, 1.54) is 29.4 Å². The number of hydrogen-bond donors (Lipinski definition) is 0. The highest BCUT2D eigenvalue weighted by Crippen LogP contribution is 2.36. The van der Waals surface area contributed by atoms with Gasteiger partial charge in [-0.25, -0.2) is 0 Å². The fourth-order valence-electron chi connectivity index (χ4n) is 5.58. The van der Waals surface area contributed by atoms with E-state index in [-0.39, 0.29) is 0 Å². The van der Waals surface area contributed by atoms with Crippen LogP contribution in [0.4, 0.5) is 0 Å². The molecule has 4 rings (SSSR count). The maximum absolute atomic E-state index is 9.52. The molecule has 0 bridgehead atoms. The number of aryl methyl sites for hydroxylation is 1. The summed E-state index contributed by atoms with van der Waals surface area (Å²) < 4.78 is 5.43. The summed E-state index contributed by atoms with van der Waals surface area (Å²) in [5, 5.41) is 10.7. The number of pyridine rings is 1. The highest BCUT2D eigenvalue weighted by atomic mass is 16.5. The summed E-state index contributed by atoms with van der Waals surface area (Å²) in [5.74, 6) is 1.95. The number of rotatable bonds is 9. The van der Waals surface area contributed by atoms with Crippen LogP contribution in [0.25, 0.3) is 10.9 Å². The normalized spacial score (nSPS) is 19.8. The van der Waals surface area contributed by atoms with Crippen molar-refractivity contribution in [1.82, 2.24) is 9.88 Å². The van der Waals surface area contributed by atoms with Gasteiger partial charge in [0.05, 0.1) is 18.7 Å². The Morgan fingerprint density at radius 2 is 2.00 bits per heavy atom. The summed E-state index contributed by atoms with van der Waals surface area (Å²) >= 11 is 0. The lowest BCUT2D eigenvalue weighted by Gasteiger charge is -2.42. The molecule has 1 saturated heterocycles. The van der Waals surface area contributed by atoms with Gasteiger partial charge in [0, 0.05) is 30.6 Å². The average Bonchev–Trinajstić information content (AvgIpc) is 2.86. The molecule has 2 heterocycles. The fourth-order valence-corrected chi connectivity index (χ4v) is 5.58. The highest BCUT2D eigenvalue weighted by Gasteiger charge is 2.32. The van der Waals surface area contributed by atoms with Crippen LogP contribution in [-0.4, -0.2) is 30.1 Å². The summed E-state index contributed by atoms with van der Waals surface area (Å²) in [7, 11) is 1.71. The number of nitrogens with zero attached hydrogens (tertiary/aromatic N) is 3. The Labute approximate surface area is 198 Å². The maximum atomic E-state index is 9.52. The van der Waals surface area contributed by atoms with E-state index in [2.05, 4.69) is 65.3 Å². The zero-order valence-electron chi connectivity index (χ0n) is 19.9. The molecule has 0 N–H and O–H groups in total. The third-order valence-electron chi connectivity index (χ3n) is 7.35. The number of nitriles is 1. The Kier molecular flexibility index (Phi) is 7.96. The smallest absolute Gasteiger partial charge is 0.119 e. The first-order valence-electron chi connectivity index (χ1n) is 12.3. The van der Waals surface area contributed by atoms with Gasteiger partial charge < -0.3 is 4.74 Å². The summed E-state index contributed by atoms with van der Waals surface area (Å²) in [5.41, 5.74) is 3.76. The number of hydrogen-bond acceptors (Lipinski definition) is 4. The minimum atomic E-state index is 0.450. The second-order valence-electron chi connectivity index (χ2n) is 9.25. The molecule has 1 aromatic heterocycles. The van der Waals surface area contributed by atoms with E-state index in [0.717, 1.165) is 43.6 Å². The molecule has 1 fully saturated rings. The lowest BCUT2D eigenvalue weighted by Crippen LogP contribution is -2.42. The molecule has 1 aliphatic heterocycles. The van der Waals surface area contributed by atoms with Crippen molar-refractivity contribution < 1.29 is 4.74 Å². The van der Waals surface area contributed by atoms with Crippen LogP contribution in [-0.2, 0) is 6.42 Å². The Hall–Kier alpha value is -2.90. The van der Waals surface area contributed by atoms with Crippen LogP contribution in [0.1, 0.15) is 56.2 Å². The third kappa shape index (κ3) is 5.54. The number of likely N-dealkylation sites (tertiary alicyclic amines) is 1. The minimum absolute atomic E-state index is 0.450. The van der Waals surface area contributed by atoms with Crippen molar-refractivity contribution in [2.45, 2.75) is 51.5 Å². The standard InChI is InChI=1S/C29H35N3O/c1-3-29(24-8-5-4-6-9-24)32-19-16-22(25(21-32)14-17-30)10-7-11-23-15-18-31-28-13-12-26(33-2)20-27(23)28/h4-6,8-9,12-13,15,18,20,22,25,29H,3,7,10-11,14,16,19,21H2,1-2H3/t22-,25+,29-/m1/s1. The molecule has 1 aliphatic rings. The van der Waals surface area contributed by atoms with Crippen molar-refractivity contribution in [2.24, 2.45) is 11.8 Å². The third-order valence-corrected chi connectivity index (χ3v) is 7.35. The molecule has 172 valence electrons. The molecular formula is C29H35N3O. The van der Waals surface area contributed by atoms with E-state index in [4.69, 9.17) is 4.74 Å². The van der Waals surface area contributed by atoms with Gasteiger partial charge in [0.2, 0.25) is 0 Å². The quantitative estimate of drug-likeness (QED) is 0.377. The highest BCUT2D eigenvalue weighted by molar-refractivity contribution is 5.83. The van der Waals surface area contributed by atoms with Crippen molar-refractivity contribution >= 4 is 10.9 Å². The zero-order valence-corrected chi connectivity index (χ0v) is 19.9. The van der Waals surface area contributed by atoms with Crippen LogP contribution in [0.5, 0.6) is 5.75 Å². The van der Waals surface area contributed by atoms with E-state index in [9.17, 15) is 5.26 Å². The number of benzene rings is 2. The molecule has 0 unspecified atom stereocenters. The van der Waals surface area contributed by atoms with Gasteiger partial charge in [-0.3, -0.25) is 9.88 Å². The predicted octanol–water partition coefficient (Wildman–Crippen LogP) is 6.57. The van der Waals surface area contributed by atoms with Crippen molar-refractivity contribution in [3.63, 3.8) is 0 Å². The number of ether oxygens (including phenoxy) is 1. The Morgan fingerprint density at radius 1 is 1.15 bits per heavy atom. The second-order valence-corrected chi connectivity index (χ2v) is 9.25. The fraction of sp³-hybridized carbons (Fsp3) is 0.448. The van der Waals surface area contributed by atoms with Gasteiger partial charge in [-0.05, 0) is 85.9 Å². The van der Waals surface area contributed by atoms with Crippen molar-refractivity contribution in [2.75, 3.05) is 20.2 Å². The molecule has 33 heavy (non-hydrogen) atoms. The van der Waals surface area contributed by atoms with Crippen LogP contribution in [0.3, 0.4) is 0 Å². The van der Waals surface area contributed by atoms with Gasteiger partial charge in [0.15, 0.2) is 0 Å². The van der Waals surface area contributed by atoms with E-state index in [1.807, 2.05) is 18.3 Å². The monoisotopic (exact) mass is 441 g/mol. The molecule has 0 saturated carbocycles. The van der Waals surface area contributed by atoms with Gasteiger partial charge in [0.1, 0.15) is 5.75 Å². The number of piperidine rings is 1. The summed E-state index contributed by atoms with van der Waals surface area (Å²) in [4.78, 5) is 7.13. The number of aromatic nitrogens is 1. The first-order chi connectivity index (χ1) is 16.2. The minimum Gasteiger partial charge on any atom is -0.497 e. The molecule has 4 heteroatoms. The zero-order chi connectivity index (χ0) is 23.0. The van der Waals surface area contributed by atoms with Gasteiger partial charge in [-0.15, -0.1) is 0 Å². The molecule has 2 aromatic carbocycles. The molecule has 4 nitrogen and oxygen atoms in total. The molecular weight excluding hydrogens is 406 g/mol. The second kappa shape index (κ2) is 11.3.